The minimum absolute atomic E-state index is 0.0423. The maximum absolute atomic E-state index is 13.8. The SMILES string of the molecule is CCCSc1nc(N[C@@H]2C[C@H](OCCO)[C@@H](O)[C@H]2O)c2nnn([C@@H]3C[C@H]3c3ccc(F)c(F)c3)c2n1. The molecule has 2 aliphatic carbocycles. The molecule has 1 aromatic carbocycles. The molecule has 10 nitrogen and oxygen atoms in total. The molecule has 0 amide bonds. The first-order valence-corrected chi connectivity index (χ1v) is 13.0. The average molecular weight is 523 g/mol. The molecule has 6 atom stereocenters. The first-order chi connectivity index (χ1) is 17.4. The molecular weight excluding hydrogens is 494 g/mol. The van der Waals surface area contributed by atoms with Crippen molar-refractivity contribution >= 4 is 28.7 Å². The molecule has 2 saturated carbocycles. The summed E-state index contributed by atoms with van der Waals surface area (Å²) in [4.78, 5) is 9.27. The zero-order valence-electron chi connectivity index (χ0n) is 19.6. The van der Waals surface area contributed by atoms with Gasteiger partial charge in [-0.1, -0.05) is 30.0 Å². The van der Waals surface area contributed by atoms with Crippen LogP contribution in [0.25, 0.3) is 11.2 Å². The second-order valence-corrected chi connectivity index (χ2v) is 10.2. The van der Waals surface area contributed by atoms with Gasteiger partial charge in [-0.15, -0.1) is 5.10 Å². The third-order valence-corrected chi connectivity index (χ3v) is 7.61. The number of anilines is 1. The minimum Gasteiger partial charge on any atom is -0.394 e. The summed E-state index contributed by atoms with van der Waals surface area (Å²) >= 11 is 1.48. The lowest BCUT2D eigenvalue weighted by atomic mass is 10.1. The van der Waals surface area contributed by atoms with Gasteiger partial charge in [-0.25, -0.2) is 23.4 Å². The molecule has 194 valence electrons. The molecule has 2 aromatic heterocycles. The topological polar surface area (TPSA) is 138 Å². The lowest BCUT2D eigenvalue weighted by Gasteiger charge is -2.18. The highest BCUT2D eigenvalue weighted by atomic mass is 32.2. The fourth-order valence-electron chi connectivity index (χ4n) is 4.62. The van der Waals surface area contributed by atoms with E-state index in [1.807, 2.05) is 0 Å². The number of thioether (sulfide) groups is 1. The van der Waals surface area contributed by atoms with Crippen molar-refractivity contribution in [1.82, 2.24) is 25.0 Å². The van der Waals surface area contributed by atoms with Crippen molar-refractivity contribution in [2.75, 3.05) is 24.3 Å². The van der Waals surface area contributed by atoms with Gasteiger partial charge in [0.15, 0.2) is 33.8 Å². The number of nitrogens with zero attached hydrogens (tertiary/aromatic N) is 5. The van der Waals surface area contributed by atoms with Crippen LogP contribution in [0.3, 0.4) is 0 Å². The number of ether oxygens (including phenoxy) is 1. The number of nitrogens with one attached hydrogen (secondary N) is 1. The van der Waals surface area contributed by atoms with E-state index >= 15 is 0 Å². The largest absolute Gasteiger partial charge is 0.394 e. The lowest BCUT2D eigenvalue weighted by molar-refractivity contribution is -0.0612. The fraction of sp³-hybridized carbons (Fsp3) is 0.565. The van der Waals surface area contributed by atoms with Gasteiger partial charge < -0.3 is 25.4 Å². The predicted octanol–water partition coefficient (Wildman–Crippen LogP) is 2.01. The van der Waals surface area contributed by atoms with Crippen LogP contribution in [-0.4, -0.2) is 83.6 Å². The maximum atomic E-state index is 13.8. The third kappa shape index (κ3) is 4.90. The van der Waals surface area contributed by atoms with Crippen molar-refractivity contribution in [2.45, 2.75) is 67.7 Å². The molecule has 0 aliphatic heterocycles. The number of aliphatic hydroxyl groups excluding tert-OH is 3. The Hall–Kier alpha value is -2.45. The number of fused-ring (bicyclic) bond motifs is 1. The van der Waals surface area contributed by atoms with Gasteiger partial charge in [-0.3, -0.25) is 0 Å². The molecule has 0 radical (unpaired) electrons. The summed E-state index contributed by atoms with van der Waals surface area (Å²) in [6, 6.07) is 3.25. The van der Waals surface area contributed by atoms with E-state index in [0.29, 0.717) is 40.5 Å². The molecule has 5 rings (SSSR count). The Morgan fingerprint density at radius 1 is 1.17 bits per heavy atom. The summed E-state index contributed by atoms with van der Waals surface area (Å²) < 4.78 is 34.3. The van der Waals surface area contributed by atoms with Crippen molar-refractivity contribution < 1.29 is 28.8 Å². The summed E-state index contributed by atoms with van der Waals surface area (Å²) in [5, 5.41) is 42.2. The zero-order valence-corrected chi connectivity index (χ0v) is 20.4. The Bertz CT molecular complexity index is 1230. The standard InChI is InChI=1S/C23H28F2N6O4S/c1-2-7-36-23-27-21(26-15-10-17(35-6-5-32)20(34)19(15)33)18-22(28-23)31(30-29-18)16-9-12(16)11-3-4-13(24)14(25)8-11/h3-4,8,12,15-17,19-20,32-34H,2,5-7,9-10H2,1H3,(H,26,27,28)/t12-,15+,16+,17-,19-,20+/m0/s1. The van der Waals surface area contributed by atoms with Gasteiger partial charge in [-0.05, 0) is 37.0 Å². The second kappa shape index (κ2) is 10.5. The Morgan fingerprint density at radius 2 is 2.00 bits per heavy atom. The molecule has 0 bridgehead atoms. The number of hydrogen-bond acceptors (Lipinski definition) is 10. The maximum Gasteiger partial charge on any atom is 0.191 e. The highest BCUT2D eigenvalue weighted by molar-refractivity contribution is 7.99. The number of aliphatic hydroxyl groups is 3. The molecule has 13 heteroatoms. The molecule has 2 heterocycles. The van der Waals surface area contributed by atoms with Crippen LogP contribution in [0.5, 0.6) is 0 Å². The van der Waals surface area contributed by atoms with Crippen LogP contribution >= 0.6 is 11.8 Å². The summed E-state index contributed by atoms with van der Waals surface area (Å²) in [6.07, 6.45) is -0.938. The van der Waals surface area contributed by atoms with E-state index in [-0.39, 0.29) is 25.2 Å². The Balaban J connectivity index is 1.43. The van der Waals surface area contributed by atoms with Crippen LogP contribution in [0.15, 0.2) is 23.4 Å². The van der Waals surface area contributed by atoms with Crippen molar-refractivity contribution in [3.8, 4) is 0 Å². The Kier molecular flexibility index (Phi) is 7.35. The highest BCUT2D eigenvalue weighted by Crippen LogP contribution is 2.52. The molecule has 2 aliphatic rings. The van der Waals surface area contributed by atoms with E-state index < -0.39 is 36.0 Å². The second-order valence-electron chi connectivity index (χ2n) is 9.09. The van der Waals surface area contributed by atoms with Gasteiger partial charge in [0.2, 0.25) is 0 Å². The van der Waals surface area contributed by atoms with E-state index in [4.69, 9.17) is 9.84 Å². The molecule has 0 spiro atoms. The lowest BCUT2D eigenvalue weighted by Crippen LogP contribution is -2.36. The summed E-state index contributed by atoms with van der Waals surface area (Å²) in [5.74, 6) is -0.623. The summed E-state index contributed by atoms with van der Waals surface area (Å²) in [6.45, 7) is 1.93. The average Bonchev–Trinajstić information content (AvgIpc) is 3.48. The van der Waals surface area contributed by atoms with Crippen molar-refractivity contribution in [2.24, 2.45) is 0 Å². The number of benzene rings is 1. The summed E-state index contributed by atoms with van der Waals surface area (Å²) in [5.41, 5.74) is 1.60. The molecule has 0 saturated heterocycles. The van der Waals surface area contributed by atoms with Crippen LogP contribution in [0.2, 0.25) is 0 Å². The van der Waals surface area contributed by atoms with E-state index in [9.17, 15) is 19.0 Å². The molecule has 36 heavy (non-hydrogen) atoms. The van der Waals surface area contributed by atoms with E-state index in [2.05, 4.69) is 32.5 Å². The number of aromatic nitrogens is 5. The molecule has 4 N–H and O–H groups in total. The van der Waals surface area contributed by atoms with Crippen molar-refractivity contribution in [1.29, 1.82) is 0 Å². The smallest absolute Gasteiger partial charge is 0.191 e. The van der Waals surface area contributed by atoms with E-state index in [1.54, 1.807) is 10.7 Å². The van der Waals surface area contributed by atoms with Gasteiger partial charge in [0.05, 0.1) is 31.4 Å². The third-order valence-electron chi connectivity index (χ3n) is 6.56. The van der Waals surface area contributed by atoms with Crippen LogP contribution < -0.4 is 5.32 Å². The number of hydrogen-bond donors (Lipinski definition) is 4. The van der Waals surface area contributed by atoms with Crippen LogP contribution in [-0.2, 0) is 4.74 Å². The van der Waals surface area contributed by atoms with Crippen molar-refractivity contribution in [3.63, 3.8) is 0 Å². The van der Waals surface area contributed by atoms with Crippen LogP contribution in [0.1, 0.15) is 43.7 Å². The van der Waals surface area contributed by atoms with Crippen molar-refractivity contribution in [3.05, 3.63) is 35.4 Å². The Morgan fingerprint density at radius 3 is 2.75 bits per heavy atom. The van der Waals surface area contributed by atoms with Crippen LogP contribution in [0.4, 0.5) is 14.6 Å². The van der Waals surface area contributed by atoms with E-state index in [0.717, 1.165) is 18.2 Å². The number of halogens is 2. The quantitative estimate of drug-likeness (QED) is 0.231. The van der Waals surface area contributed by atoms with Gasteiger partial charge in [-0.2, -0.15) is 0 Å². The first-order valence-electron chi connectivity index (χ1n) is 12.0. The molecule has 2 fully saturated rings. The molecule has 0 unspecified atom stereocenters. The molecule has 3 aromatic rings. The van der Waals surface area contributed by atoms with Crippen LogP contribution in [0, 0.1) is 11.6 Å². The van der Waals surface area contributed by atoms with E-state index in [1.165, 1.54) is 17.8 Å². The summed E-state index contributed by atoms with van der Waals surface area (Å²) in [7, 11) is 0. The number of rotatable bonds is 10. The van der Waals surface area contributed by atoms with Gasteiger partial charge in [0, 0.05) is 11.7 Å². The van der Waals surface area contributed by atoms with Gasteiger partial charge >= 0.3 is 0 Å². The molecular formula is C23H28F2N6O4S. The predicted molar refractivity (Wildman–Crippen MR) is 128 cm³/mol. The Labute approximate surface area is 210 Å². The first kappa shape index (κ1) is 25.2. The highest BCUT2D eigenvalue weighted by Gasteiger charge is 2.44. The van der Waals surface area contributed by atoms with Gasteiger partial charge in [0.25, 0.3) is 0 Å². The zero-order chi connectivity index (χ0) is 25.4. The normalized spacial score (nSPS) is 27.6. The fourth-order valence-corrected chi connectivity index (χ4v) is 5.32. The monoisotopic (exact) mass is 522 g/mol. The minimum atomic E-state index is -1.11. The van der Waals surface area contributed by atoms with Gasteiger partial charge in [0.1, 0.15) is 12.2 Å².